The third kappa shape index (κ3) is 4.63. The molecule has 0 aliphatic carbocycles. The number of carbonyl (C=O) groups excluding carboxylic acids is 2. The summed E-state index contributed by atoms with van der Waals surface area (Å²) in [5.41, 5.74) is 1.07. The van der Waals surface area contributed by atoms with Crippen LogP contribution in [-0.4, -0.2) is 35.0 Å². The zero-order valence-corrected chi connectivity index (χ0v) is 18.8. The molecular weight excluding hydrogens is 449 g/mol. The van der Waals surface area contributed by atoms with Gasteiger partial charge in [0.25, 0.3) is 5.91 Å². The number of rotatable bonds is 7. The normalized spacial score (nSPS) is 15.9. The minimum atomic E-state index is -0.770. The van der Waals surface area contributed by atoms with Crippen LogP contribution in [0.5, 0.6) is 5.75 Å². The van der Waals surface area contributed by atoms with Gasteiger partial charge in [0.05, 0.1) is 25.8 Å². The highest BCUT2D eigenvalue weighted by Crippen LogP contribution is 2.30. The van der Waals surface area contributed by atoms with E-state index in [2.05, 4.69) is 5.32 Å². The van der Waals surface area contributed by atoms with E-state index in [1.165, 1.54) is 29.2 Å². The number of thiocarbonyl (C=S) groups is 1. The van der Waals surface area contributed by atoms with Crippen molar-refractivity contribution in [3.63, 3.8) is 0 Å². The van der Waals surface area contributed by atoms with Crippen LogP contribution in [0.25, 0.3) is 0 Å². The smallest absolute Gasteiger partial charge is 0.256 e. The minimum absolute atomic E-state index is 0.0753. The molecule has 9 heteroatoms. The molecule has 1 saturated heterocycles. The fraction of sp³-hybridized carbons (Fsp3) is 0.174. The van der Waals surface area contributed by atoms with E-state index in [-0.39, 0.29) is 23.3 Å². The summed E-state index contributed by atoms with van der Waals surface area (Å²) in [6.07, 6.45) is -0.0753. The van der Waals surface area contributed by atoms with Gasteiger partial charge in [0, 0.05) is 10.6 Å². The van der Waals surface area contributed by atoms with E-state index < -0.39 is 11.9 Å². The molecule has 6 nitrogen and oxygen atoms in total. The van der Waals surface area contributed by atoms with Crippen molar-refractivity contribution in [1.82, 2.24) is 4.90 Å². The summed E-state index contributed by atoms with van der Waals surface area (Å²) in [6, 6.07) is 15.6. The molecule has 1 aliphatic rings. The van der Waals surface area contributed by atoms with Crippen LogP contribution in [0.4, 0.5) is 15.8 Å². The molecular formula is C23H20FN3O3S2. The predicted molar refractivity (Wildman–Crippen MR) is 126 cm³/mol. The zero-order valence-electron chi connectivity index (χ0n) is 17.2. The number of thiophene rings is 1. The van der Waals surface area contributed by atoms with Gasteiger partial charge in [0.2, 0.25) is 5.91 Å². The number of halogens is 1. The molecule has 2 heterocycles. The number of methoxy groups -OCH3 is 1. The molecule has 3 aromatic rings. The van der Waals surface area contributed by atoms with E-state index >= 15 is 0 Å². The van der Waals surface area contributed by atoms with Gasteiger partial charge in [-0.1, -0.05) is 6.07 Å². The third-order valence-electron chi connectivity index (χ3n) is 5.06. The lowest BCUT2D eigenvalue weighted by atomic mass is 10.1. The quantitative estimate of drug-likeness (QED) is 0.519. The van der Waals surface area contributed by atoms with Gasteiger partial charge in [-0.2, -0.15) is 0 Å². The van der Waals surface area contributed by atoms with Crippen molar-refractivity contribution < 1.29 is 18.7 Å². The van der Waals surface area contributed by atoms with Crippen LogP contribution in [-0.2, 0) is 16.1 Å². The first-order chi connectivity index (χ1) is 15.5. The van der Waals surface area contributed by atoms with E-state index in [9.17, 15) is 14.0 Å². The standard InChI is InChI=1S/C23H20FN3O3S2/c1-30-18-10-6-16(7-11-18)25-21(28)13-20-22(29)27(17-8-4-15(24)5-9-17)23(31)26(20)14-19-3-2-12-32-19/h2-12,20H,13-14H2,1H3,(H,25,28). The molecule has 2 aromatic carbocycles. The van der Waals surface area contributed by atoms with Crippen molar-refractivity contribution in [2.45, 2.75) is 19.0 Å². The second-order valence-corrected chi connectivity index (χ2v) is 8.53. The summed E-state index contributed by atoms with van der Waals surface area (Å²) in [5.74, 6) is -0.356. The molecule has 1 aliphatic heterocycles. The predicted octanol–water partition coefficient (Wildman–Crippen LogP) is 4.43. The molecule has 0 saturated carbocycles. The van der Waals surface area contributed by atoms with Gasteiger partial charge >= 0.3 is 0 Å². The minimum Gasteiger partial charge on any atom is -0.497 e. The number of amides is 2. The maximum absolute atomic E-state index is 13.4. The fourth-order valence-corrected chi connectivity index (χ4v) is 4.56. The highest BCUT2D eigenvalue weighted by atomic mass is 32.1. The first-order valence-electron chi connectivity index (χ1n) is 9.82. The molecule has 1 atom stereocenters. The Kier molecular flexibility index (Phi) is 6.48. The van der Waals surface area contributed by atoms with Crippen molar-refractivity contribution >= 4 is 51.9 Å². The van der Waals surface area contributed by atoms with Gasteiger partial charge in [-0.3, -0.25) is 14.5 Å². The Balaban J connectivity index is 1.56. The van der Waals surface area contributed by atoms with Crippen molar-refractivity contribution in [3.8, 4) is 5.75 Å². The van der Waals surface area contributed by atoms with E-state index in [1.807, 2.05) is 17.5 Å². The number of hydrogen-bond donors (Lipinski definition) is 1. The second kappa shape index (κ2) is 9.46. The summed E-state index contributed by atoms with van der Waals surface area (Å²) in [5, 5.41) is 5.05. The second-order valence-electron chi connectivity index (χ2n) is 7.14. The van der Waals surface area contributed by atoms with Gasteiger partial charge < -0.3 is 15.0 Å². The molecule has 32 heavy (non-hydrogen) atoms. The monoisotopic (exact) mass is 469 g/mol. The number of nitrogens with one attached hydrogen (secondary N) is 1. The summed E-state index contributed by atoms with van der Waals surface area (Å²) < 4.78 is 18.5. The van der Waals surface area contributed by atoms with Crippen molar-refractivity contribution in [2.75, 3.05) is 17.3 Å². The third-order valence-corrected chi connectivity index (χ3v) is 6.34. The molecule has 0 spiro atoms. The van der Waals surface area contributed by atoms with Crippen LogP contribution in [0.2, 0.25) is 0 Å². The Morgan fingerprint density at radius 3 is 2.50 bits per heavy atom. The largest absolute Gasteiger partial charge is 0.497 e. The summed E-state index contributed by atoms with van der Waals surface area (Å²) in [7, 11) is 1.57. The summed E-state index contributed by atoms with van der Waals surface area (Å²) in [4.78, 5) is 30.2. The van der Waals surface area contributed by atoms with Crippen LogP contribution >= 0.6 is 23.6 Å². The Morgan fingerprint density at radius 2 is 1.88 bits per heavy atom. The Morgan fingerprint density at radius 1 is 1.16 bits per heavy atom. The number of benzene rings is 2. The number of carbonyl (C=O) groups is 2. The van der Waals surface area contributed by atoms with Crippen LogP contribution in [0.3, 0.4) is 0 Å². The van der Waals surface area contributed by atoms with E-state index in [1.54, 1.807) is 47.6 Å². The van der Waals surface area contributed by atoms with Crippen molar-refractivity contribution in [1.29, 1.82) is 0 Å². The van der Waals surface area contributed by atoms with Gasteiger partial charge in [0.1, 0.15) is 17.6 Å². The number of ether oxygens (including phenoxy) is 1. The number of nitrogens with zero attached hydrogens (tertiary/aromatic N) is 2. The molecule has 1 aromatic heterocycles. The molecule has 4 rings (SSSR count). The Bertz CT molecular complexity index is 1120. The summed E-state index contributed by atoms with van der Waals surface area (Å²) >= 11 is 7.16. The van der Waals surface area contributed by atoms with Gasteiger partial charge in [0.15, 0.2) is 5.11 Å². The first-order valence-corrected chi connectivity index (χ1v) is 11.1. The first kappa shape index (κ1) is 21.9. The van der Waals surface area contributed by atoms with Gasteiger partial charge in [-0.25, -0.2) is 4.39 Å². The van der Waals surface area contributed by atoms with Crippen LogP contribution in [0.1, 0.15) is 11.3 Å². The van der Waals surface area contributed by atoms with E-state index in [0.29, 0.717) is 23.7 Å². The van der Waals surface area contributed by atoms with E-state index in [0.717, 1.165) is 4.88 Å². The van der Waals surface area contributed by atoms with Crippen LogP contribution in [0.15, 0.2) is 66.0 Å². The maximum atomic E-state index is 13.4. The molecule has 1 N–H and O–H groups in total. The molecule has 1 unspecified atom stereocenters. The lowest BCUT2D eigenvalue weighted by Gasteiger charge is -2.23. The SMILES string of the molecule is COc1ccc(NC(=O)CC2C(=O)N(c3ccc(F)cc3)C(=S)N2Cc2cccs2)cc1. The highest BCUT2D eigenvalue weighted by molar-refractivity contribution is 7.80. The van der Waals surface area contributed by atoms with Crippen LogP contribution < -0.4 is 15.0 Å². The van der Waals surface area contributed by atoms with Crippen molar-refractivity contribution in [2.24, 2.45) is 0 Å². The Labute approximate surface area is 194 Å². The highest BCUT2D eigenvalue weighted by Gasteiger charge is 2.44. The van der Waals surface area contributed by atoms with Crippen molar-refractivity contribution in [3.05, 3.63) is 76.7 Å². The molecule has 0 bridgehead atoms. The Hall–Kier alpha value is -3.30. The topological polar surface area (TPSA) is 61.9 Å². The number of hydrogen-bond acceptors (Lipinski definition) is 5. The molecule has 164 valence electrons. The van der Waals surface area contributed by atoms with Gasteiger partial charge in [-0.15, -0.1) is 11.3 Å². The fourth-order valence-electron chi connectivity index (χ4n) is 3.47. The average Bonchev–Trinajstić information content (AvgIpc) is 3.38. The summed E-state index contributed by atoms with van der Waals surface area (Å²) in [6.45, 7) is 0.403. The van der Waals surface area contributed by atoms with E-state index in [4.69, 9.17) is 17.0 Å². The molecule has 2 amide bonds. The molecule has 0 radical (unpaired) electrons. The van der Waals surface area contributed by atoms with Gasteiger partial charge in [-0.05, 0) is 72.2 Å². The molecule has 1 fully saturated rings. The number of anilines is 2. The van der Waals surface area contributed by atoms with Crippen LogP contribution in [0, 0.1) is 5.82 Å². The zero-order chi connectivity index (χ0) is 22.7. The lowest BCUT2D eigenvalue weighted by Crippen LogP contribution is -2.37. The maximum Gasteiger partial charge on any atom is 0.256 e. The lowest BCUT2D eigenvalue weighted by molar-refractivity contribution is -0.124. The average molecular weight is 470 g/mol.